The van der Waals surface area contributed by atoms with Crippen molar-refractivity contribution in [2.45, 2.75) is 6.54 Å². The van der Waals surface area contributed by atoms with Crippen molar-refractivity contribution in [1.82, 2.24) is 10.6 Å². The third kappa shape index (κ3) is 4.69. The van der Waals surface area contributed by atoms with E-state index in [1.165, 1.54) is 7.11 Å². The van der Waals surface area contributed by atoms with Crippen molar-refractivity contribution < 1.29 is 14.3 Å². The Morgan fingerprint density at radius 3 is 2.39 bits per heavy atom. The Bertz CT molecular complexity index is 686. The highest BCUT2D eigenvalue weighted by atomic mass is 32.1. The summed E-state index contributed by atoms with van der Waals surface area (Å²) in [6, 6.07) is 14.6. The summed E-state index contributed by atoms with van der Waals surface area (Å²) < 4.78 is 10.3. The van der Waals surface area contributed by atoms with Crippen LogP contribution in [0.1, 0.15) is 15.9 Å². The number of rotatable bonds is 5. The summed E-state index contributed by atoms with van der Waals surface area (Å²) in [4.78, 5) is 12.2. The fourth-order valence-electron chi connectivity index (χ4n) is 1.97. The predicted molar refractivity (Wildman–Crippen MR) is 92.9 cm³/mol. The Morgan fingerprint density at radius 2 is 1.74 bits per heavy atom. The third-order valence-electron chi connectivity index (χ3n) is 3.19. The highest BCUT2D eigenvalue weighted by molar-refractivity contribution is 7.80. The van der Waals surface area contributed by atoms with Crippen LogP contribution in [0, 0.1) is 0 Å². The lowest BCUT2D eigenvalue weighted by Gasteiger charge is -2.11. The van der Waals surface area contributed by atoms with E-state index in [9.17, 15) is 4.79 Å². The summed E-state index contributed by atoms with van der Waals surface area (Å²) >= 11 is 5.15. The first-order valence-electron chi connectivity index (χ1n) is 6.99. The number of hydrogen-bond acceptors (Lipinski definition) is 4. The van der Waals surface area contributed by atoms with E-state index in [4.69, 9.17) is 21.7 Å². The molecule has 2 N–H and O–H groups in total. The van der Waals surface area contributed by atoms with Gasteiger partial charge in [-0.1, -0.05) is 24.3 Å². The molecule has 0 saturated heterocycles. The molecule has 0 spiro atoms. The highest BCUT2D eigenvalue weighted by Crippen LogP contribution is 2.16. The van der Waals surface area contributed by atoms with Crippen LogP contribution in [-0.4, -0.2) is 25.2 Å². The Kier molecular flexibility index (Phi) is 5.94. The lowest BCUT2D eigenvalue weighted by atomic mass is 10.2. The van der Waals surface area contributed by atoms with Gasteiger partial charge in [0.15, 0.2) is 5.11 Å². The van der Waals surface area contributed by atoms with Crippen LogP contribution in [0.25, 0.3) is 0 Å². The molecule has 0 saturated carbocycles. The average molecular weight is 330 g/mol. The van der Waals surface area contributed by atoms with E-state index in [-0.39, 0.29) is 11.0 Å². The Morgan fingerprint density at radius 1 is 1.04 bits per heavy atom. The van der Waals surface area contributed by atoms with Crippen LogP contribution < -0.4 is 20.1 Å². The molecule has 0 radical (unpaired) electrons. The summed E-state index contributed by atoms with van der Waals surface area (Å²) in [5.41, 5.74) is 1.46. The predicted octanol–water partition coefficient (Wildman–Crippen LogP) is 2.51. The van der Waals surface area contributed by atoms with Gasteiger partial charge in [-0.05, 0) is 42.0 Å². The lowest BCUT2D eigenvalue weighted by Crippen LogP contribution is -2.38. The maximum Gasteiger partial charge on any atom is 0.261 e. The second-order valence-corrected chi connectivity index (χ2v) is 5.09. The molecule has 0 heterocycles. The van der Waals surface area contributed by atoms with Gasteiger partial charge >= 0.3 is 0 Å². The molecule has 120 valence electrons. The molecule has 2 aromatic carbocycles. The van der Waals surface area contributed by atoms with Gasteiger partial charge in [-0.15, -0.1) is 0 Å². The largest absolute Gasteiger partial charge is 0.497 e. The maximum absolute atomic E-state index is 12.2. The van der Waals surface area contributed by atoms with Gasteiger partial charge in [0.1, 0.15) is 11.5 Å². The molecule has 0 aromatic heterocycles. The van der Waals surface area contributed by atoms with E-state index in [0.717, 1.165) is 11.3 Å². The van der Waals surface area contributed by atoms with E-state index in [1.54, 1.807) is 31.4 Å². The number of benzene rings is 2. The molecule has 0 bridgehead atoms. The van der Waals surface area contributed by atoms with Crippen LogP contribution >= 0.6 is 12.2 Å². The van der Waals surface area contributed by atoms with Gasteiger partial charge in [-0.3, -0.25) is 10.1 Å². The number of nitrogens with one attached hydrogen (secondary N) is 2. The minimum atomic E-state index is -0.310. The third-order valence-corrected chi connectivity index (χ3v) is 3.44. The van der Waals surface area contributed by atoms with Crippen molar-refractivity contribution in [3.8, 4) is 11.5 Å². The standard InChI is InChI=1S/C17H18N2O3S/c1-21-13-9-7-12(8-10-13)11-18-17(23)19-16(20)14-5-3-4-6-15(14)22-2/h3-10H,11H2,1-2H3,(H2,18,19,20,23). The molecular weight excluding hydrogens is 312 g/mol. The first-order valence-corrected chi connectivity index (χ1v) is 7.40. The smallest absolute Gasteiger partial charge is 0.261 e. The van der Waals surface area contributed by atoms with E-state index in [1.807, 2.05) is 24.3 Å². The van der Waals surface area contributed by atoms with Crippen LogP contribution in [0.15, 0.2) is 48.5 Å². The van der Waals surface area contributed by atoms with Crippen molar-refractivity contribution in [1.29, 1.82) is 0 Å². The number of hydrogen-bond donors (Lipinski definition) is 2. The molecule has 2 rings (SSSR count). The van der Waals surface area contributed by atoms with Crippen LogP contribution in [-0.2, 0) is 6.54 Å². The monoisotopic (exact) mass is 330 g/mol. The minimum absolute atomic E-state index is 0.261. The van der Waals surface area contributed by atoms with Crippen molar-refractivity contribution in [2.24, 2.45) is 0 Å². The van der Waals surface area contributed by atoms with Crippen molar-refractivity contribution >= 4 is 23.2 Å². The van der Waals surface area contributed by atoms with Gasteiger partial charge in [0.25, 0.3) is 5.91 Å². The Balaban J connectivity index is 1.90. The van der Waals surface area contributed by atoms with Gasteiger partial charge in [-0.2, -0.15) is 0 Å². The lowest BCUT2D eigenvalue weighted by molar-refractivity contribution is 0.0973. The van der Waals surface area contributed by atoms with Crippen LogP contribution in [0.3, 0.4) is 0 Å². The maximum atomic E-state index is 12.2. The zero-order valence-electron chi connectivity index (χ0n) is 13.0. The quantitative estimate of drug-likeness (QED) is 0.825. The molecule has 0 aliphatic heterocycles. The molecule has 0 unspecified atom stereocenters. The summed E-state index contributed by atoms with van der Waals surface area (Å²) in [7, 11) is 3.14. The van der Waals surface area contributed by atoms with Crippen molar-refractivity contribution in [2.75, 3.05) is 14.2 Å². The molecular formula is C17H18N2O3S. The molecule has 0 fully saturated rings. The number of thiocarbonyl (C=S) groups is 1. The number of ether oxygens (including phenoxy) is 2. The van der Waals surface area contributed by atoms with E-state index in [2.05, 4.69) is 10.6 Å². The van der Waals surface area contributed by atoms with E-state index < -0.39 is 0 Å². The second kappa shape index (κ2) is 8.14. The zero-order chi connectivity index (χ0) is 16.7. The molecule has 0 aliphatic rings. The summed E-state index contributed by atoms with van der Waals surface area (Å²) in [6.07, 6.45) is 0. The summed E-state index contributed by atoms with van der Waals surface area (Å²) in [5, 5.41) is 5.89. The van der Waals surface area contributed by atoms with Gasteiger partial charge in [-0.25, -0.2) is 0 Å². The number of methoxy groups -OCH3 is 2. The Hall–Kier alpha value is -2.60. The number of para-hydroxylation sites is 1. The second-order valence-electron chi connectivity index (χ2n) is 4.69. The van der Waals surface area contributed by atoms with Gasteiger partial charge in [0.05, 0.1) is 19.8 Å². The average Bonchev–Trinajstić information content (AvgIpc) is 2.60. The molecule has 1 amide bonds. The molecule has 5 nitrogen and oxygen atoms in total. The van der Waals surface area contributed by atoms with Crippen LogP contribution in [0.4, 0.5) is 0 Å². The summed E-state index contributed by atoms with van der Waals surface area (Å²) in [5.74, 6) is 0.985. The van der Waals surface area contributed by atoms with E-state index >= 15 is 0 Å². The molecule has 0 atom stereocenters. The number of amides is 1. The molecule has 23 heavy (non-hydrogen) atoms. The number of carbonyl (C=O) groups is 1. The van der Waals surface area contributed by atoms with Gasteiger partial charge < -0.3 is 14.8 Å². The first-order chi connectivity index (χ1) is 11.1. The zero-order valence-corrected chi connectivity index (χ0v) is 13.8. The van der Waals surface area contributed by atoms with Crippen molar-refractivity contribution in [3.05, 3.63) is 59.7 Å². The van der Waals surface area contributed by atoms with Crippen LogP contribution in [0.5, 0.6) is 11.5 Å². The summed E-state index contributed by atoms with van der Waals surface area (Å²) in [6.45, 7) is 0.509. The highest BCUT2D eigenvalue weighted by Gasteiger charge is 2.12. The fourth-order valence-corrected chi connectivity index (χ4v) is 2.14. The van der Waals surface area contributed by atoms with E-state index in [0.29, 0.717) is 17.9 Å². The molecule has 6 heteroatoms. The van der Waals surface area contributed by atoms with Gasteiger partial charge in [0, 0.05) is 6.54 Å². The topological polar surface area (TPSA) is 59.6 Å². The van der Waals surface area contributed by atoms with Crippen molar-refractivity contribution in [3.63, 3.8) is 0 Å². The minimum Gasteiger partial charge on any atom is -0.497 e. The SMILES string of the molecule is COc1ccc(CNC(=S)NC(=O)c2ccccc2OC)cc1. The van der Waals surface area contributed by atoms with Gasteiger partial charge in [0.2, 0.25) is 0 Å². The Labute approximate surface area is 140 Å². The normalized spacial score (nSPS) is 9.83. The molecule has 2 aromatic rings. The molecule has 0 aliphatic carbocycles. The number of carbonyl (C=O) groups excluding carboxylic acids is 1. The first kappa shape index (κ1) is 16.8. The van der Waals surface area contributed by atoms with Crippen LogP contribution in [0.2, 0.25) is 0 Å². The fraction of sp³-hybridized carbons (Fsp3) is 0.176.